The van der Waals surface area contributed by atoms with Gasteiger partial charge in [0.15, 0.2) is 0 Å². The molecule has 2 nitrogen and oxygen atoms in total. The Bertz CT molecular complexity index is 429. The van der Waals surface area contributed by atoms with E-state index in [1.807, 2.05) is 12.1 Å². The molecular formula is C16H24N2. The molecule has 0 atom stereocenters. The summed E-state index contributed by atoms with van der Waals surface area (Å²) in [6.07, 6.45) is 5.36. The molecule has 0 amide bonds. The normalized spacial score (nSPS) is 25.2. The Balaban J connectivity index is 1.78. The summed E-state index contributed by atoms with van der Waals surface area (Å²) in [5, 5.41) is 0. The lowest BCUT2D eigenvalue weighted by Gasteiger charge is -2.35. The molecule has 98 valence electrons. The zero-order valence-corrected chi connectivity index (χ0v) is 11.6. The van der Waals surface area contributed by atoms with Crippen LogP contribution in [0, 0.1) is 0 Å². The number of hydrogen-bond donors (Lipinski definition) is 1. The van der Waals surface area contributed by atoms with Crippen LogP contribution in [0.2, 0.25) is 0 Å². The molecule has 1 saturated heterocycles. The molecule has 1 aliphatic heterocycles. The fourth-order valence-electron chi connectivity index (χ4n) is 3.35. The second-order valence-corrected chi connectivity index (χ2v) is 6.74. The second kappa shape index (κ2) is 3.99. The van der Waals surface area contributed by atoms with Crippen LogP contribution in [0.4, 0.5) is 5.69 Å². The molecule has 2 N–H and O–H groups in total. The van der Waals surface area contributed by atoms with Crippen LogP contribution < -0.4 is 5.73 Å². The van der Waals surface area contributed by atoms with Gasteiger partial charge in [0, 0.05) is 23.2 Å². The van der Waals surface area contributed by atoms with Gasteiger partial charge in [0.25, 0.3) is 0 Å². The van der Waals surface area contributed by atoms with E-state index in [1.165, 1.54) is 44.3 Å². The molecule has 1 aliphatic carbocycles. The molecule has 18 heavy (non-hydrogen) atoms. The van der Waals surface area contributed by atoms with Crippen LogP contribution in [0.1, 0.15) is 45.1 Å². The standard InChI is InChI=1S/C16H24N2/c1-15(2)8-3-11-18(15)12-16(9-10-16)13-4-6-14(17)7-5-13/h4-7H,3,8-12,17H2,1-2H3. The highest BCUT2D eigenvalue weighted by atomic mass is 15.2. The first kappa shape index (κ1) is 12.0. The Morgan fingerprint density at radius 1 is 1.11 bits per heavy atom. The number of likely N-dealkylation sites (tertiary alicyclic amines) is 1. The molecule has 1 aromatic rings. The Labute approximate surface area is 110 Å². The number of benzene rings is 1. The van der Waals surface area contributed by atoms with Gasteiger partial charge in [0.05, 0.1) is 0 Å². The van der Waals surface area contributed by atoms with E-state index in [4.69, 9.17) is 5.73 Å². The highest BCUT2D eigenvalue weighted by Crippen LogP contribution is 2.50. The summed E-state index contributed by atoms with van der Waals surface area (Å²) >= 11 is 0. The van der Waals surface area contributed by atoms with Crippen molar-refractivity contribution in [2.45, 2.75) is 50.5 Å². The van der Waals surface area contributed by atoms with Crippen molar-refractivity contribution in [3.63, 3.8) is 0 Å². The minimum absolute atomic E-state index is 0.392. The van der Waals surface area contributed by atoms with Gasteiger partial charge in [-0.2, -0.15) is 0 Å². The molecule has 0 unspecified atom stereocenters. The maximum Gasteiger partial charge on any atom is 0.0314 e. The molecule has 0 spiro atoms. The molecule has 2 aliphatic rings. The van der Waals surface area contributed by atoms with E-state index in [0.29, 0.717) is 11.0 Å². The van der Waals surface area contributed by atoms with Crippen molar-refractivity contribution in [2.24, 2.45) is 0 Å². The fourth-order valence-corrected chi connectivity index (χ4v) is 3.35. The first-order valence-corrected chi connectivity index (χ1v) is 7.13. The van der Waals surface area contributed by atoms with Gasteiger partial charge in [-0.1, -0.05) is 12.1 Å². The molecule has 2 heteroatoms. The molecule has 0 radical (unpaired) electrons. The smallest absolute Gasteiger partial charge is 0.0314 e. The van der Waals surface area contributed by atoms with Gasteiger partial charge in [0.2, 0.25) is 0 Å². The lowest BCUT2D eigenvalue weighted by atomic mass is 9.93. The predicted molar refractivity (Wildman–Crippen MR) is 76.7 cm³/mol. The van der Waals surface area contributed by atoms with E-state index in [1.54, 1.807) is 0 Å². The van der Waals surface area contributed by atoms with Crippen molar-refractivity contribution < 1.29 is 0 Å². The van der Waals surface area contributed by atoms with Crippen molar-refractivity contribution in [1.82, 2.24) is 4.90 Å². The third-order valence-electron chi connectivity index (χ3n) is 4.94. The highest BCUT2D eigenvalue weighted by molar-refractivity contribution is 5.43. The number of anilines is 1. The SMILES string of the molecule is CC1(C)CCCN1CC1(c2ccc(N)cc2)CC1. The molecule has 0 aromatic heterocycles. The highest BCUT2D eigenvalue weighted by Gasteiger charge is 2.48. The second-order valence-electron chi connectivity index (χ2n) is 6.74. The van der Waals surface area contributed by atoms with E-state index in [9.17, 15) is 0 Å². The van der Waals surface area contributed by atoms with Crippen molar-refractivity contribution in [1.29, 1.82) is 0 Å². The summed E-state index contributed by atoms with van der Waals surface area (Å²) in [4.78, 5) is 2.69. The van der Waals surface area contributed by atoms with E-state index in [2.05, 4.69) is 30.9 Å². The number of nitrogens with zero attached hydrogens (tertiary/aromatic N) is 1. The number of rotatable bonds is 3. The first-order valence-electron chi connectivity index (χ1n) is 7.13. The number of nitrogen functional groups attached to an aromatic ring is 1. The first-order chi connectivity index (χ1) is 8.52. The van der Waals surface area contributed by atoms with Crippen LogP contribution in [0.5, 0.6) is 0 Å². The molecule has 1 heterocycles. The summed E-state index contributed by atoms with van der Waals surface area (Å²) in [5.74, 6) is 0. The van der Waals surface area contributed by atoms with E-state index in [-0.39, 0.29) is 0 Å². The monoisotopic (exact) mass is 244 g/mol. The fraction of sp³-hybridized carbons (Fsp3) is 0.625. The zero-order valence-electron chi connectivity index (χ0n) is 11.6. The van der Waals surface area contributed by atoms with Crippen LogP contribution in [0.25, 0.3) is 0 Å². The van der Waals surface area contributed by atoms with Gasteiger partial charge in [-0.25, -0.2) is 0 Å². The Hall–Kier alpha value is -1.02. The lowest BCUT2D eigenvalue weighted by molar-refractivity contribution is 0.159. The quantitative estimate of drug-likeness (QED) is 0.827. The minimum Gasteiger partial charge on any atom is -0.399 e. The minimum atomic E-state index is 0.392. The largest absolute Gasteiger partial charge is 0.399 e. The van der Waals surface area contributed by atoms with E-state index < -0.39 is 0 Å². The zero-order chi connectivity index (χ0) is 12.8. The van der Waals surface area contributed by atoms with Crippen LogP contribution in [0.3, 0.4) is 0 Å². The third-order valence-corrected chi connectivity index (χ3v) is 4.94. The molecule has 1 aromatic carbocycles. The van der Waals surface area contributed by atoms with Gasteiger partial charge in [0.1, 0.15) is 0 Å². The number of nitrogens with two attached hydrogens (primary N) is 1. The van der Waals surface area contributed by atoms with Gasteiger partial charge in [-0.3, -0.25) is 4.90 Å². The van der Waals surface area contributed by atoms with Crippen LogP contribution >= 0.6 is 0 Å². The van der Waals surface area contributed by atoms with Crippen LogP contribution in [-0.4, -0.2) is 23.5 Å². The molecular weight excluding hydrogens is 220 g/mol. The summed E-state index contributed by atoms with van der Waals surface area (Å²) in [6, 6.07) is 8.55. The molecule has 3 rings (SSSR count). The predicted octanol–water partition coefficient (Wildman–Crippen LogP) is 3.17. The van der Waals surface area contributed by atoms with Gasteiger partial charge in [-0.05, 0) is 63.8 Å². The molecule has 1 saturated carbocycles. The average molecular weight is 244 g/mol. The van der Waals surface area contributed by atoms with Crippen molar-refractivity contribution in [3.8, 4) is 0 Å². The van der Waals surface area contributed by atoms with Crippen molar-refractivity contribution in [2.75, 3.05) is 18.8 Å². The number of hydrogen-bond acceptors (Lipinski definition) is 2. The summed E-state index contributed by atoms with van der Waals surface area (Å²) in [6.45, 7) is 7.27. The summed E-state index contributed by atoms with van der Waals surface area (Å²) < 4.78 is 0. The van der Waals surface area contributed by atoms with Gasteiger partial charge in [-0.15, -0.1) is 0 Å². The average Bonchev–Trinajstić information content (AvgIpc) is 3.02. The van der Waals surface area contributed by atoms with Crippen LogP contribution in [0.15, 0.2) is 24.3 Å². The maximum absolute atomic E-state index is 5.79. The van der Waals surface area contributed by atoms with Gasteiger partial charge < -0.3 is 5.73 Å². The lowest BCUT2D eigenvalue weighted by Crippen LogP contribution is -2.42. The van der Waals surface area contributed by atoms with Gasteiger partial charge >= 0.3 is 0 Å². The maximum atomic E-state index is 5.79. The molecule has 0 bridgehead atoms. The van der Waals surface area contributed by atoms with Crippen molar-refractivity contribution in [3.05, 3.63) is 29.8 Å². The third kappa shape index (κ3) is 2.03. The topological polar surface area (TPSA) is 29.3 Å². The Morgan fingerprint density at radius 2 is 1.78 bits per heavy atom. The van der Waals surface area contributed by atoms with E-state index in [0.717, 1.165) is 5.69 Å². The van der Waals surface area contributed by atoms with E-state index >= 15 is 0 Å². The summed E-state index contributed by atoms with van der Waals surface area (Å²) in [7, 11) is 0. The van der Waals surface area contributed by atoms with Crippen LogP contribution in [-0.2, 0) is 5.41 Å². The molecule has 2 fully saturated rings. The Kier molecular flexibility index (Phi) is 2.67. The summed E-state index contributed by atoms with van der Waals surface area (Å²) in [5.41, 5.74) is 8.96. The Morgan fingerprint density at radius 3 is 2.28 bits per heavy atom. The van der Waals surface area contributed by atoms with Crippen molar-refractivity contribution >= 4 is 5.69 Å².